The van der Waals surface area contributed by atoms with E-state index in [0.717, 1.165) is 0 Å². The van der Waals surface area contributed by atoms with Gasteiger partial charge in [-0.2, -0.15) is 0 Å². The molecule has 0 radical (unpaired) electrons. The first kappa shape index (κ1) is 14.1. The van der Waals surface area contributed by atoms with Gasteiger partial charge in [-0.25, -0.2) is 4.79 Å². The van der Waals surface area contributed by atoms with Crippen molar-refractivity contribution < 1.29 is 24.9 Å². The third kappa shape index (κ3) is 3.99. The summed E-state index contributed by atoms with van der Waals surface area (Å²) in [6.45, 7) is 2.50. The Morgan fingerprint density at radius 1 is 1.27 bits per heavy atom. The molecule has 0 aromatic rings. The number of hydrogen-bond acceptors (Lipinski definition) is 5. The fraction of sp³-hybridized carbons (Fsp3) is 0.700. The maximum absolute atomic E-state index is 11.0. The Balaban J connectivity index is 4.22. The van der Waals surface area contributed by atoms with Gasteiger partial charge in [0, 0.05) is 11.0 Å². The summed E-state index contributed by atoms with van der Waals surface area (Å²) in [5, 5.41) is 27.1. The zero-order chi connectivity index (χ0) is 11.9. The molecule has 0 bridgehead atoms. The summed E-state index contributed by atoms with van der Waals surface area (Å²) in [6, 6.07) is 0. The lowest BCUT2D eigenvalue weighted by Crippen LogP contribution is -2.34. The summed E-state index contributed by atoms with van der Waals surface area (Å²) in [5.41, 5.74) is -0.700. The fourth-order valence-electron chi connectivity index (χ4n) is 1.05. The van der Waals surface area contributed by atoms with Crippen molar-refractivity contribution in [3.05, 3.63) is 12.2 Å². The molecule has 0 saturated heterocycles. The molecule has 0 fully saturated rings. The van der Waals surface area contributed by atoms with Crippen LogP contribution in [-0.2, 0) is 9.53 Å². The van der Waals surface area contributed by atoms with Crippen LogP contribution in [0.25, 0.3) is 0 Å². The van der Waals surface area contributed by atoms with Crippen molar-refractivity contribution in [3.8, 4) is 0 Å². The lowest BCUT2D eigenvalue weighted by atomic mass is 9.84. The van der Waals surface area contributed by atoms with Crippen LogP contribution in [0.2, 0.25) is 0 Å². The van der Waals surface area contributed by atoms with E-state index < -0.39 is 11.4 Å². The first-order valence-corrected chi connectivity index (χ1v) is 4.64. The van der Waals surface area contributed by atoms with Crippen molar-refractivity contribution in [2.45, 2.75) is 12.8 Å². The number of aliphatic hydroxyl groups is 3. The van der Waals surface area contributed by atoms with E-state index in [0.29, 0.717) is 0 Å². The molecule has 0 aromatic carbocycles. The number of methoxy groups -OCH3 is 1. The number of hydrogen-bond donors (Lipinski definition) is 3. The molecule has 0 rings (SSSR count). The number of aliphatic hydroxyl groups excluding tert-OH is 3. The number of rotatable bonds is 7. The Kier molecular flexibility index (Phi) is 6.15. The van der Waals surface area contributed by atoms with Crippen LogP contribution in [-0.4, -0.2) is 48.2 Å². The van der Waals surface area contributed by atoms with Gasteiger partial charge in [-0.1, -0.05) is 6.58 Å². The van der Waals surface area contributed by atoms with Crippen molar-refractivity contribution >= 4 is 5.97 Å². The highest BCUT2D eigenvalue weighted by molar-refractivity contribution is 5.87. The van der Waals surface area contributed by atoms with Gasteiger partial charge in [0.15, 0.2) is 0 Å². The summed E-state index contributed by atoms with van der Waals surface area (Å²) in [6.07, 6.45) is 0.554. The minimum absolute atomic E-state index is 0.261. The molecule has 5 heteroatoms. The molecule has 0 aliphatic heterocycles. The lowest BCUT2D eigenvalue weighted by molar-refractivity contribution is -0.136. The highest BCUT2D eigenvalue weighted by Crippen LogP contribution is 2.24. The Hall–Kier alpha value is -0.910. The van der Waals surface area contributed by atoms with E-state index in [1.54, 1.807) is 0 Å². The van der Waals surface area contributed by atoms with Gasteiger partial charge < -0.3 is 20.1 Å². The summed E-state index contributed by atoms with van der Waals surface area (Å²) in [4.78, 5) is 11.0. The van der Waals surface area contributed by atoms with Crippen LogP contribution in [0.4, 0.5) is 0 Å². The van der Waals surface area contributed by atoms with Gasteiger partial charge in [0.1, 0.15) is 0 Å². The Bertz CT molecular complexity index is 212. The summed E-state index contributed by atoms with van der Waals surface area (Å²) in [5.74, 6) is -0.516. The summed E-state index contributed by atoms with van der Waals surface area (Å²) in [7, 11) is 1.25. The molecule has 0 aromatic heterocycles. The minimum atomic E-state index is -0.961. The van der Waals surface area contributed by atoms with Crippen LogP contribution >= 0.6 is 0 Å². The van der Waals surface area contributed by atoms with E-state index in [-0.39, 0.29) is 38.2 Å². The van der Waals surface area contributed by atoms with E-state index in [9.17, 15) is 4.79 Å². The van der Waals surface area contributed by atoms with Crippen molar-refractivity contribution in [1.29, 1.82) is 0 Å². The molecule has 0 unspecified atom stereocenters. The molecule has 0 saturated carbocycles. The zero-order valence-corrected chi connectivity index (χ0v) is 8.90. The monoisotopic (exact) mass is 218 g/mol. The average molecular weight is 218 g/mol. The first-order valence-electron chi connectivity index (χ1n) is 4.64. The molecule has 0 spiro atoms. The normalized spacial score (nSPS) is 11.2. The van der Waals surface area contributed by atoms with Gasteiger partial charge in [0.25, 0.3) is 0 Å². The topological polar surface area (TPSA) is 87.0 Å². The summed E-state index contributed by atoms with van der Waals surface area (Å²) >= 11 is 0. The highest BCUT2D eigenvalue weighted by Gasteiger charge is 2.28. The van der Waals surface area contributed by atoms with Crippen LogP contribution in [0.15, 0.2) is 12.2 Å². The quantitative estimate of drug-likeness (QED) is 0.394. The molecule has 0 aliphatic carbocycles. The van der Waals surface area contributed by atoms with Crippen molar-refractivity contribution in [2.75, 3.05) is 26.9 Å². The van der Waals surface area contributed by atoms with Crippen LogP contribution in [0.1, 0.15) is 12.8 Å². The van der Waals surface area contributed by atoms with Crippen LogP contribution in [0, 0.1) is 5.41 Å². The molecule has 88 valence electrons. The molecule has 0 amide bonds. The second kappa shape index (κ2) is 6.55. The van der Waals surface area contributed by atoms with Gasteiger partial charge in [-0.05, 0) is 12.8 Å². The molecule has 0 aliphatic rings. The standard InChI is InChI=1S/C10H18O5/c1-8(9(14)15-2)3-4-10(5-11,6-12)7-13/h11-13H,1,3-7H2,2H3. The van der Waals surface area contributed by atoms with E-state index in [1.807, 2.05) is 0 Å². The maximum Gasteiger partial charge on any atom is 0.333 e. The lowest BCUT2D eigenvalue weighted by Gasteiger charge is -2.27. The average Bonchev–Trinajstić information content (AvgIpc) is 2.30. The number of carbonyl (C=O) groups is 1. The van der Waals surface area contributed by atoms with E-state index in [1.165, 1.54) is 7.11 Å². The molecule has 3 N–H and O–H groups in total. The predicted octanol–water partition coefficient (Wildman–Crippen LogP) is -0.541. The molecular formula is C10H18O5. The Labute approximate surface area is 89.0 Å². The fourth-order valence-corrected chi connectivity index (χ4v) is 1.05. The van der Waals surface area contributed by atoms with Gasteiger partial charge in [-0.3, -0.25) is 0 Å². The van der Waals surface area contributed by atoms with E-state index in [2.05, 4.69) is 11.3 Å². The van der Waals surface area contributed by atoms with Crippen LogP contribution in [0.3, 0.4) is 0 Å². The van der Waals surface area contributed by atoms with Gasteiger partial charge in [-0.15, -0.1) is 0 Å². The van der Waals surface area contributed by atoms with Crippen molar-refractivity contribution in [3.63, 3.8) is 0 Å². The van der Waals surface area contributed by atoms with Crippen molar-refractivity contribution in [2.24, 2.45) is 5.41 Å². The highest BCUT2D eigenvalue weighted by atomic mass is 16.5. The molecule has 0 atom stereocenters. The second-order valence-electron chi connectivity index (χ2n) is 3.57. The Morgan fingerprint density at radius 2 is 1.73 bits per heavy atom. The molecule has 0 heterocycles. The van der Waals surface area contributed by atoms with Gasteiger partial charge >= 0.3 is 5.97 Å². The van der Waals surface area contributed by atoms with Crippen molar-refractivity contribution in [1.82, 2.24) is 0 Å². The summed E-state index contributed by atoms with van der Waals surface area (Å²) < 4.78 is 4.45. The molecule has 5 nitrogen and oxygen atoms in total. The smallest absolute Gasteiger partial charge is 0.333 e. The van der Waals surface area contributed by atoms with Gasteiger partial charge in [0.05, 0.1) is 26.9 Å². The zero-order valence-electron chi connectivity index (χ0n) is 8.90. The number of ether oxygens (including phenoxy) is 1. The molecule has 15 heavy (non-hydrogen) atoms. The van der Waals surface area contributed by atoms with Crippen LogP contribution < -0.4 is 0 Å². The third-order valence-corrected chi connectivity index (χ3v) is 2.44. The van der Waals surface area contributed by atoms with Crippen LogP contribution in [0.5, 0.6) is 0 Å². The third-order valence-electron chi connectivity index (χ3n) is 2.44. The Morgan fingerprint density at radius 3 is 2.07 bits per heavy atom. The first-order chi connectivity index (χ1) is 7.05. The molecular weight excluding hydrogens is 200 g/mol. The predicted molar refractivity (Wildman–Crippen MR) is 54.1 cm³/mol. The SMILES string of the molecule is C=C(CCC(CO)(CO)CO)C(=O)OC. The minimum Gasteiger partial charge on any atom is -0.466 e. The van der Waals surface area contributed by atoms with E-state index in [4.69, 9.17) is 15.3 Å². The number of carbonyl (C=O) groups excluding carboxylic acids is 1. The number of esters is 1. The van der Waals surface area contributed by atoms with Gasteiger partial charge in [0.2, 0.25) is 0 Å². The largest absolute Gasteiger partial charge is 0.466 e. The second-order valence-corrected chi connectivity index (χ2v) is 3.57. The maximum atomic E-state index is 11.0. The van der Waals surface area contributed by atoms with E-state index >= 15 is 0 Å².